The second-order valence-electron chi connectivity index (χ2n) is 30.2. The van der Waals surface area contributed by atoms with Gasteiger partial charge in [-0.15, -0.1) is 0 Å². The molecule has 0 saturated heterocycles. The number of phosphoric acid groups is 2. The van der Waals surface area contributed by atoms with E-state index in [1.54, 1.807) is 0 Å². The van der Waals surface area contributed by atoms with E-state index in [0.717, 1.165) is 108 Å². The minimum absolute atomic E-state index is 0.105. The summed E-state index contributed by atoms with van der Waals surface area (Å²) in [5, 5.41) is 10.6. The third kappa shape index (κ3) is 74.1. The van der Waals surface area contributed by atoms with Crippen molar-refractivity contribution < 1.29 is 80.2 Å². The van der Waals surface area contributed by atoms with Crippen molar-refractivity contribution in [3.63, 3.8) is 0 Å². The predicted octanol–water partition coefficient (Wildman–Crippen LogP) is 23.7. The van der Waals surface area contributed by atoms with Gasteiger partial charge in [0, 0.05) is 25.7 Å². The van der Waals surface area contributed by atoms with E-state index < -0.39 is 97.5 Å². The molecule has 0 radical (unpaired) electrons. The molecule has 0 rings (SSSR count). The monoisotopic (exact) mass is 1450 g/mol. The topological polar surface area (TPSA) is 237 Å². The van der Waals surface area contributed by atoms with Crippen LogP contribution in [-0.2, 0) is 65.4 Å². The molecule has 0 heterocycles. The number of phosphoric ester groups is 2. The van der Waals surface area contributed by atoms with Gasteiger partial charge in [-0.3, -0.25) is 37.3 Å². The van der Waals surface area contributed by atoms with Gasteiger partial charge in [0.15, 0.2) is 12.2 Å². The number of unbranched alkanes of at least 4 members (excludes halogenated alkanes) is 46. The molecule has 17 nitrogen and oxygen atoms in total. The van der Waals surface area contributed by atoms with Crippen molar-refractivity contribution in [1.29, 1.82) is 0 Å². The Morgan fingerprint density at radius 2 is 0.465 bits per heavy atom. The van der Waals surface area contributed by atoms with E-state index in [1.807, 2.05) is 0 Å². The summed E-state index contributed by atoms with van der Waals surface area (Å²) in [5.74, 6) is 0.168. The smallest absolute Gasteiger partial charge is 0.462 e. The lowest BCUT2D eigenvalue weighted by atomic mass is 10.0. The van der Waals surface area contributed by atoms with E-state index in [1.165, 1.54) is 225 Å². The van der Waals surface area contributed by atoms with Crippen LogP contribution in [0.15, 0.2) is 0 Å². The Morgan fingerprint density at radius 3 is 0.687 bits per heavy atom. The molecular formula is C80H156O17P2. The summed E-state index contributed by atoms with van der Waals surface area (Å²) in [6.45, 7) is 11.9. The van der Waals surface area contributed by atoms with E-state index in [-0.39, 0.29) is 25.7 Å². The summed E-state index contributed by atoms with van der Waals surface area (Å²) in [6, 6.07) is 0. The minimum Gasteiger partial charge on any atom is -0.462 e. The zero-order chi connectivity index (χ0) is 73.0. The molecule has 0 aliphatic heterocycles. The van der Waals surface area contributed by atoms with Crippen LogP contribution in [0.25, 0.3) is 0 Å². The molecule has 0 aromatic carbocycles. The normalized spacial score (nSPS) is 14.0. The van der Waals surface area contributed by atoms with Gasteiger partial charge in [-0.25, -0.2) is 9.13 Å². The van der Waals surface area contributed by atoms with Crippen molar-refractivity contribution in [2.45, 2.75) is 433 Å². The minimum atomic E-state index is -4.96. The zero-order valence-electron chi connectivity index (χ0n) is 65.0. The summed E-state index contributed by atoms with van der Waals surface area (Å²) in [5.41, 5.74) is 0. The number of hydrogen-bond acceptors (Lipinski definition) is 15. The maximum atomic E-state index is 13.1. The van der Waals surface area contributed by atoms with Gasteiger partial charge in [0.2, 0.25) is 0 Å². The van der Waals surface area contributed by atoms with Crippen molar-refractivity contribution in [2.24, 2.45) is 17.8 Å². The average molecular weight is 1450 g/mol. The number of hydrogen-bond donors (Lipinski definition) is 3. The molecule has 0 aliphatic carbocycles. The second-order valence-corrected chi connectivity index (χ2v) is 33.1. The van der Waals surface area contributed by atoms with E-state index in [4.69, 9.17) is 37.0 Å². The summed E-state index contributed by atoms with van der Waals surface area (Å²) in [6.07, 6.45) is 58.3. The molecule has 3 N–H and O–H groups in total. The van der Waals surface area contributed by atoms with Crippen LogP contribution < -0.4 is 0 Å². The van der Waals surface area contributed by atoms with E-state index in [0.29, 0.717) is 25.7 Å². The lowest BCUT2D eigenvalue weighted by Crippen LogP contribution is -2.30. The molecule has 0 saturated carbocycles. The van der Waals surface area contributed by atoms with Crippen LogP contribution >= 0.6 is 15.6 Å². The zero-order valence-corrected chi connectivity index (χ0v) is 66.8. The molecule has 0 bridgehead atoms. The van der Waals surface area contributed by atoms with Crippen molar-refractivity contribution in [3.8, 4) is 0 Å². The van der Waals surface area contributed by atoms with Gasteiger partial charge in [0.1, 0.15) is 19.3 Å². The Hall–Kier alpha value is -1.94. The predicted molar refractivity (Wildman–Crippen MR) is 405 cm³/mol. The highest BCUT2D eigenvalue weighted by molar-refractivity contribution is 7.47. The third-order valence-electron chi connectivity index (χ3n) is 18.6. The Kier molecular flexibility index (Phi) is 69.0. The fraction of sp³-hybridized carbons (Fsp3) is 0.950. The molecule has 2 unspecified atom stereocenters. The highest BCUT2D eigenvalue weighted by Crippen LogP contribution is 2.45. The first kappa shape index (κ1) is 97.1. The fourth-order valence-electron chi connectivity index (χ4n) is 12.3. The molecule has 0 aliphatic rings. The van der Waals surface area contributed by atoms with Gasteiger partial charge in [-0.05, 0) is 43.4 Å². The molecule has 588 valence electrons. The van der Waals surface area contributed by atoms with Crippen molar-refractivity contribution in [3.05, 3.63) is 0 Å². The molecule has 0 aromatic heterocycles. The molecule has 0 aromatic rings. The highest BCUT2D eigenvalue weighted by atomic mass is 31.2. The molecule has 0 fully saturated rings. The van der Waals surface area contributed by atoms with Gasteiger partial charge in [-0.2, -0.15) is 0 Å². The fourth-order valence-corrected chi connectivity index (χ4v) is 13.9. The lowest BCUT2D eigenvalue weighted by Gasteiger charge is -2.21. The van der Waals surface area contributed by atoms with E-state index in [2.05, 4.69) is 48.5 Å². The number of carbonyl (C=O) groups excluding carboxylic acids is 4. The SMILES string of the molecule is CCCCCCCCCCCCCCCCCCCC(=O)OC[C@H](COP(=O)(O)OC[C@@H](O)COP(=O)(O)OC[C@@H](COC(=O)CCCCCCCCCCC(C)C)OC(=O)CCCCCCCCCCCCC(C)C)OC(=O)CCCCCCCCCCCCCCCCCC(C)C. The number of aliphatic hydroxyl groups is 1. The first-order valence-corrected chi connectivity index (χ1v) is 44.3. The van der Waals surface area contributed by atoms with Crippen LogP contribution in [0.4, 0.5) is 0 Å². The van der Waals surface area contributed by atoms with Crippen LogP contribution in [0.3, 0.4) is 0 Å². The van der Waals surface area contributed by atoms with Crippen LogP contribution in [0.5, 0.6) is 0 Å². The summed E-state index contributed by atoms with van der Waals surface area (Å²) in [4.78, 5) is 73.0. The largest absolute Gasteiger partial charge is 0.472 e. The Labute approximate surface area is 607 Å². The first-order valence-electron chi connectivity index (χ1n) is 41.3. The molecule has 5 atom stereocenters. The second kappa shape index (κ2) is 70.4. The molecule has 19 heteroatoms. The Morgan fingerprint density at radius 1 is 0.273 bits per heavy atom. The standard InChI is InChI=1S/C80H156O17P2/c1-8-9-10-11-12-13-14-15-16-17-20-23-26-32-40-47-54-61-77(82)90-67-75(96-79(84)63-56-49-42-33-27-24-21-18-19-22-25-30-37-44-51-58-71(2)3)69-94-98(86,87)92-65-74(81)66-93-99(88,89)95-70-76(68-91-78(83)62-55-48-41-36-35-39-46-53-60-73(6)7)97-80(85)64-57-50-43-34-29-28-31-38-45-52-59-72(4)5/h71-76,81H,8-70H2,1-7H3,(H,86,87)(H,88,89)/t74-,75-,76-/m1/s1. The molecular weight excluding hydrogens is 1290 g/mol. The maximum absolute atomic E-state index is 13.1. The first-order chi connectivity index (χ1) is 47.7. The summed E-state index contributed by atoms with van der Waals surface area (Å²) in [7, 11) is -9.92. The van der Waals surface area contributed by atoms with E-state index >= 15 is 0 Å². The van der Waals surface area contributed by atoms with Gasteiger partial charge < -0.3 is 33.8 Å². The van der Waals surface area contributed by atoms with Gasteiger partial charge >= 0.3 is 39.5 Å². The Balaban J connectivity index is 5.25. The van der Waals surface area contributed by atoms with E-state index in [9.17, 15) is 43.2 Å². The van der Waals surface area contributed by atoms with Crippen molar-refractivity contribution >= 4 is 39.5 Å². The summed E-state index contributed by atoms with van der Waals surface area (Å²) < 4.78 is 68.7. The number of carbonyl (C=O) groups is 4. The highest BCUT2D eigenvalue weighted by Gasteiger charge is 2.30. The number of aliphatic hydroxyl groups excluding tert-OH is 1. The lowest BCUT2D eigenvalue weighted by molar-refractivity contribution is -0.161. The summed E-state index contributed by atoms with van der Waals surface area (Å²) >= 11 is 0. The van der Waals surface area contributed by atoms with Crippen LogP contribution in [0, 0.1) is 17.8 Å². The van der Waals surface area contributed by atoms with Crippen LogP contribution in [0.2, 0.25) is 0 Å². The van der Waals surface area contributed by atoms with Gasteiger partial charge in [0.25, 0.3) is 0 Å². The molecule has 99 heavy (non-hydrogen) atoms. The molecule has 0 spiro atoms. The Bertz CT molecular complexity index is 1920. The van der Waals surface area contributed by atoms with Crippen LogP contribution in [-0.4, -0.2) is 96.7 Å². The maximum Gasteiger partial charge on any atom is 0.472 e. The number of rotatable bonds is 78. The average Bonchev–Trinajstić information content (AvgIpc) is 1.25. The third-order valence-corrected chi connectivity index (χ3v) is 20.5. The number of esters is 4. The van der Waals surface area contributed by atoms with Gasteiger partial charge in [0.05, 0.1) is 26.4 Å². The quantitative estimate of drug-likeness (QED) is 0.0222. The number of ether oxygens (including phenoxy) is 4. The van der Waals surface area contributed by atoms with Gasteiger partial charge in [-0.1, -0.05) is 363 Å². The van der Waals surface area contributed by atoms with Crippen LogP contribution in [0.1, 0.15) is 414 Å². The molecule has 0 amide bonds. The van der Waals surface area contributed by atoms with Crippen molar-refractivity contribution in [2.75, 3.05) is 39.6 Å². The van der Waals surface area contributed by atoms with Crippen molar-refractivity contribution in [1.82, 2.24) is 0 Å².